The van der Waals surface area contributed by atoms with Crippen molar-refractivity contribution in [3.8, 4) is 0 Å². The van der Waals surface area contributed by atoms with E-state index in [4.69, 9.17) is 0 Å². The smallest absolute Gasteiger partial charge is 0.195 e. The van der Waals surface area contributed by atoms with Crippen molar-refractivity contribution in [3.05, 3.63) is 16.6 Å². The maximum atomic E-state index is 4.33. The van der Waals surface area contributed by atoms with Gasteiger partial charge in [-0.2, -0.15) is 0 Å². The normalized spacial score (nSPS) is 21.2. The zero-order valence-corrected chi connectivity index (χ0v) is 11.8. The van der Waals surface area contributed by atoms with Crippen molar-refractivity contribution < 1.29 is 0 Å². The highest BCUT2D eigenvalue weighted by atomic mass is 79.9. The molecule has 0 aromatic heterocycles. The number of benzene rings is 1. The summed E-state index contributed by atoms with van der Waals surface area (Å²) < 4.78 is 1.04. The molecule has 96 valence electrons. The standard InChI is InChI=1S/C12H16BrN5/c1-7-6-16-11-9(17-7)3-2-8(10(11)13)18-12-14-4-5-15-12/h2-3,7,16-17H,4-6H2,1H3,(H2,14,15,18). The average molecular weight is 310 g/mol. The predicted molar refractivity (Wildman–Crippen MR) is 79.6 cm³/mol. The monoisotopic (exact) mass is 309 g/mol. The minimum atomic E-state index is 0.448. The average Bonchev–Trinajstić information content (AvgIpc) is 2.85. The van der Waals surface area contributed by atoms with Crippen LogP contribution >= 0.6 is 15.9 Å². The van der Waals surface area contributed by atoms with Gasteiger partial charge in [0.05, 0.1) is 28.1 Å². The molecule has 1 unspecified atom stereocenters. The number of hydrogen-bond acceptors (Lipinski definition) is 5. The van der Waals surface area contributed by atoms with Crippen molar-refractivity contribution in [2.75, 3.05) is 35.6 Å². The zero-order chi connectivity index (χ0) is 12.5. The molecule has 0 saturated heterocycles. The van der Waals surface area contributed by atoms with Gasteiger partial charge in [-0.15, -0.1) is 0 Å². The molecule has 1 aromatic rings. The summed E-state index contributed by atoms with van der Waals surface area (Å²) in [4.78, 5) is 4.33. The van der Waals surface area contributed by atoms with Crippen LogP contribution in [0.5, 0.6) is 0 Å². The molecule has 2 heterocycles. The van der Waals surface area contributed by atoms with Crippen molar-refractivity contribution in [1.82, 2.24) is 5.32 Å². The second-order valence-corrected chi connectivity index (χ2v) is 5.35. The number of rotatable bonds is 1. The van der Waals surface area contributed by atoms with E-state index in [-0.39, 0.29) is 0 Å². The highest BCUT2D eigenvalue weighted by Gasteiger charge is 2.18. The molecule has 0 bridgehead atoms. The lowest BCUT2D eigenvalue weighted by Gasteiger charge is -2.27. The van der Waals surface area contributed by atoms with Crippen molar-refractivity contribution in [3.63, 3.8) is 0 Å². The Hall–Kier alpha value is -1.43. The topological polar surface area (TPSA) is 60.5 Å². The van der Waals surface area contributed by atoms with Crippen LogP contribution in [0.2, 0.25) is 0 Å². The molecule has 0 spiro atoms. The van der Waals surface area contributed by atoms with Crippen molar-refractivity contribution in [2.24, 2.45) is 4.99 Å². The van der Waals surface area contributed by atoms with Crippen molar-refractivity contribution in [1.29, 1.82) is 0 Å². The Morgan fingerprint density at radius 1 is 1.39 bits per heavy atom. The van der Waals surface area contributed by atoms with Gasteiger partial charge in [-0.1, -0.05) is 0 Å². The van der Waals surface area contributed by atoms with Crippen LogP contribution in [-0.2, 0) is 0 Å². The number of halogens is 1. The fraction of sp³-hybridized carbons (Fsp3) is 0.417. The summed E-state index contributed by atoms with van der Waals surface area (Å²) in [6.07, 6.45) is 0. The predicted octanol–water partition coefficient (Wildman–Crippen LogP) is 2.05. The third-order valence-electron chi connectivity index (χ3n) is 3.06. The third kappa shape index (κ3) is 2.12. The van der Waals surface area contributed by atoms with Crippen molar-refractivity contribution >= 4 is 39.0 Å². The van der Waals surface area contributed by atoms with E-state index in [9.17, 15) is 0 Å². The molecule has 0 amide bonds. The molecule has 3 rings (SSSR count). The lowest BCUT2D eigenvalue weighted by atomic mass is 10.1. The van der Waals surface area contributed by atoms with Gasteiger partial charge in [-0.25, -0.2) is 0 Å². The number of nitrogens with zero attached hydrogens (tertiary/aromatic N) is 1. The largest absolute Gasteiger partial charge is 0.380 e. The van der Waals surface area contributed by atoms with Gasteiger partial charge in [0.1, 0.15) is 0 Å². The van der Waals surface area contributed by atoms with Crippen molar-refractivity contribution in [2.45, 2.75) is 13.0 Å². The van der Waals surface area contributed by atoms with E-state index < -0.39 is 0 Å². The Labute approximate surface area is 115 Å². The lowest BCUT2D eigenvalue weighted by Crippen LogP contribution is -2.31. The van der Waals surface area contributed by atoms with Gasteiger partial charge in [0, 0.05) is 19.1 Å². The minimum absolute atomic E-state index is 0.448. The Morgan fingerprint density at radius 3 is 3.06 bits per heavy atom. The first-order chi connectivity index (χ1) is 8.74. The Morgan fingerprint density at radius 2 is 2.28 bits per heavy atom. The van der Waals surface area contributed by atoms with Gasteiger partial charge >= 0.3 is 0 Å². The highest BCUT2D eigenvalue weighted by molar-refractivity contribution is 9.10. The first kappa shape index (κ1) is 11.6. The molecule has 2 aliphatic heterocycles. The molecule has 0 radical (unpaired) electrons. The van der Waals surface area contributed by atoms with E-state index in [1.807, 2.05) is 0 Å². The number of aliphatic imine (C=N–C) groups is 1. The van der Waals surface area contributed by atoms with E-state index in [1.165, 1.54) is 0 Å². The second kappa shape index (κ2) is 4.68. The Bertz CT molecular complexity index is 499. The van der Waals surface area contributed by atoms with Crippen LogP contribution in [0.3, 0.4) is 0 Å². The van der Waals surface area contributed by atoms with Crippen LogP contribution in [0, 0.1) is 0 Å². The molecule has 0 fully saturated rings. The number of anilines is 3. The van der Waals surface area contributed by atoms with Crippen LogP contribution in [-0.4, -0.2) is 31.6 Å². The molecule has 1 aromatic carbocycles. The number of nitrogens with one attached hydrogen (secondary N) is 4. The van der Waals surface area contributed by atoms with Crippen LogP contribution in [0.25, 0.3) is 0 Å². The fourth-order valence-electron chi connectivity index (χ4n) is 2.15. The summed E-state index contributed by atoms with van der Waals surface area (Å²) in [7, 11) is 0. The fourth-order valence-corrected chi connectivity index (χ4v) is 2.73. The van der Waals surface area contributed by atoms with E-state index >= 15 is 0 Å². The zero-order valence-electron chi connectivity index (χ0n) is 10.2. The third-order valence-corrected chi connectivity index (χ3v) is 3.88. The summed E-state index contributed by atoms with van der Waals surface area (Å²) in [6.45, 7) is 4.83. The Balaban J connectivity index is 1.88. The summed E-state index contributed by atoms with van der Waals surface area (Å²) in [5.74, 6) is 0.841. The SMILES string of the molecule is CC1CNc2c(ccc(NC3=NCCN3)c2Br)N1. The Kier molecular flexibility index (Phi) is 3.03. The molecule has 1 atom stereocenters. The van der Waals surface area contributed by atoms with Crippen LogP contribution in [0.4, 0.5) is 17.1 Å². The highest BCUT2D eigenvalue weighted by Crippen LogP contribution is 2.38. The molecule has 4 N–H and O–H groups in total. The molecular formula is C12H16BrN5. The molecule has 6 heteroatoms. The summed E-state index contributed by atoms with van der Waals surface area (Å²) in [5, 5.41) is 13.4. The van der Waals surface area contributed by atoms with Gasteiger partial charge in [-0.05, 0) is 35.0 Å². The first-order valence-electron chi connectivity index (χ1n) is 6.12. The molecule has 0 aliphatic carbocycles. The number of fused-ring (bicyclic) bond motifs is 1. The van der Waals surface area contributed by atoms with Gasteiger partial charge in [0.15, 0.2) is 5.96 Å². The number of guanidine groups is 1. The van der Waals surface area contributed by atoms with Crippen LogP contribution < -0.4 is 21.3 Å². The van der Waals surface area contributed by atoms with E-state index in [2.05, 4.69) is 61.2 Å². The molecule has 5 nitrogen and oxygen atoms in total. The first-order valence-corrected chi connectivity index (χ1v) is 6.91. The van der Waals surface area contributed by atoms with Crippen LogP contribution in [0.15, 0.2) is 21.6 Å². The van der Waals surface area contributed by atoms with Gasteiger partial charge < -0.3 is 21.3 Å². The maximum absolute atomic E-state index is 4.33. The quantitative estimate of drug-likeness (QED) is 0.641. The van der Waals surface area contributed by atoms with Gasteiger partial charge in [-0.3, -0.25) is 4.99 Å². The van der Waals surface area contributed by atoms with E-state index in [0.29, 0.717) is 6.04 Å². The molecule has 0 saturated carbocycles. The molecular weight excluding hydrogens is 294 g/mol. The van der Waals surface area contributed by atoms with Gasteiger partial charge in [0.2, 0.25) is 0 Å². The summed E-state index contributed by atoms with van der Waals surface area (Å²) >= 11 is 3.65. The van der Waals surface area contributed by atoms with Gasteiger partial charge in [0.25, 0.3) is 0 Å². The van der Waals surface area contributed by atoms with Crippen LogP contribution in [0.1, 0.15) is 6.92 Å². The summed E-state index contributed by atoms with van der Waals surface area (Å²) in [5.41, 5.74) is 3.26. The maximum Gasteiger partial charge on any atom is 0.195 e. The lowest BCUT2D eigenvalue weighted by molar-refractivity contribution is 0.817. The molecule has 2 aliphatic rings. The summed E-state index contributed by atoms with van der Waals surface area (Å²) in [6, 6.07) is 4.59. The minimum Gasteiger partial charge on any atom is -0.380 e. The van der Waals surface area contributed by atoms with E-state index in [1.54, 1.807) is 0 Å². The molecule has 18 heavy (non-hydrogen) atoms. The number of hydrogen-bond donors (Lipinski definition) is 4. The second-order valence-electron chi connectivity index (χ2n) is 4.56. The van der Waals surface area contributed by atoms with E-state index in [0.717, 1.165) is 47.1 Å².